The minimum absolute atomic E-state index is 0.0997. The van der Waals surface area contributed by atoms with Gasteiger partial charge >= 0.3 is 6.09 Å². The number of nitrogens with one attached hydrogen (secondary N) is 1. The van der Waals surface area contributed by atoms with Gasteiger partial charge in [-0.05, 0) is 98.2 Å². The standard InChI is InChI=1S/C39H52N4O5/c1-41(17-19-46-2)38(45)48-22-21-47-20-18-42-13-15-43(16-14-42)29-31-3-7-35(8-4-31)37(44)40-36-9-5-30(6-10-36)11-12-39-26-32-23-33(27-39)25-34(24-32)28-39/h3-10,32-34H,13-29H2,1-2H3,(H,40,44). The summed E-state index contributed by atoms with van der Waals surface area (Å²) in [6, 6.07) is 15.9. The number of hydrogen-bond donors (Lipinski definition) is 1. The zero-order valence-corrected chi connectivity index (χ0v) is 28.8. The number of ether oxygens (including phenoxy) is 3. The summed E-state index contributed by atoms with van der Waals surface area (Å²) in [5.74, 6) is 9.83. The third kappa shape index (κ3) is 9.38. The maximum Gasteiger partial charge on any atom is 0.409 e. The summed E-state index contributed by atoms with van der Waals surface area (Å²) in [6.07, 6.45) is 7.84. The van der Waals surface area contributed by atoms with Crippen LogP contribution in [0.5, 0.6) is 0 Å². The molecule has 7 rings (SSSR count). The van der Waals surface area contributed by atoms with Crippen molar-refractivity contribution in [3.8, 4) is 11.8 Å². The van der Waals surface area contributed by atoms with Gasteiger partial charge in [-0.3, -0.25) is 14.6 Å². The quantitative estimate of drug-likeness (QED) is 0.230. The molecule has 0 aromatic heterocycles. The van der Waals surface area contributed by atoms with E-state index in [2.05, 4.69) is 39.1 Å². The van der Waals surface area contributed by atoms with E-state index in [1.165, 1.54) is 49.0 Å². The predicted octanol–water partition coefficient (Wildman–Crippen LogP) is 5.36. The van der Waals surface area contributed by atoms with E-state index in [-0.39, 0.29) is 24.0 Å². The molecule has 1 N–H and O–H groups in total. The summed E-state index contributed by atoms with van der Waals surface area (Å²) in [5.41, 5.74) is 3.92. The van der Waals surface area contributed by atoms with Gasteiger partial charge in [-0.2, -0.15) is 0 Å². The molecular weight excluding hydrogens is 604 g/mol. The minimum Gasteiger partial charge on any atom is -0.447 e. The van der Waals surface area contributed by atoms with Gasteiger partial charge in [0.25, 0.3) is 5.91 Å². The number of anilines is 1. The third-order valence-corrected chi connectivity index (χ3v) is 10.7. The molecule has 0 atom stereocenters. The molecule has 0 spiro atoms. The molecular formula is C39H52N4O5. The zero-order chi connectivity index (χ0) is 33.3. The first-order chi connectivity index (χ1) is 23.4. The number of methoxy groups -OCH3 is 1. The molecule has 5 aliphatic rings. The van der Waals surface area contributed by atoms with E-state index in [9.17, 15) is 9.59 Å². The summed E-state index contributed by atoms with van der Waals surface area (Å²) in [4.78, 5) is 31.2. The molecule has 9 nitrogen and oxygen atoms in total. The molecule has 1 heterocycles. The SMILES string of the molecule is COCCN(C)C(=O)OCCOCCN1CCN(Cc2ccc(C(=O)Nc3ccc(C#CC45CC6CC(CC(C6)C4)C5)cc3)cc2)CC1. The first-order valence-electron chi connectivity index (χ1n) is 17.8. The lowest BCUT2D eigenvalue weighted by Crippen LogP contribution is -2.46. The van der Waals surface area contributed by atoms with Crippen molar-refractivity contribution in [1.82, 2.24) is 14.7 Å². The van der Waals surface area contributed by atoms with Crippen LogP contribution in [-0.4, -0.2) is 107 Å². The van der Waals surface area contributed by atoms with Crippen LogP contribution in [0.15, 0.2) is 48.5 Å². The molecule has 4 saturated carbocycles. The average Bonchev–Trinajstić information content (AvgIpc) is 3.08. The fourth-order valence-corrected chi connectivity index (χ4v) is 8.41. The number of carbonyl (C=O) groups excluding carboxylic acids is 2. The number of likely N-dealkylation sites (N-methyl/N-ethyl adjacent to an activating group) is 1. The van der Waals surface area contributed by atoms with Crippen molar-refractivity contribution in [1.29, 1.82) is 0 Å². The second-order valence-corrected chi connectivity index (χ2v) is 14.4. The largest absolute Gasteiger partial charge is 0.447 e. The van der Waals surface area contributed by atoms with Gasteiger partial charge in [0.1, 0.15) is 6.61 Å². The van der Waals surface area contributed by atoms with E-state index in [0.29, 0.717) is 31.9 Å². The second kappa shape index (κ2) is 16.3. The Hall–Kier alpha value is -3.42. The van der Waals surface area contributed by atoms with Gasteiger partial charge in [0.2, 0.25) is 0 Å². The van der Waals surface area contributed by atoms with Gasteiger partial charge in [-0.25, -0.2) is 4.79 Å². The van der Waals surface area contributed by atoms with Crippen molar-refractivity contribution >= 4 is 17.7 Å². The molecule has 4 aliphatic carbocycles. The summed E-state index contributed by atoms with van der Waals surface area (Å²) in [7, 11) is 3.29. The number of rotatable bonds is 13. The van der Waals surface area contributed by atoms with Gasteiger partial charge in [0, 0.05) is 82.2 Å². The van der Waals surface area contributed by atoms with E-state index < -0.39 is 0 Å². The van der Waals surface area contributed by atoms with E-state index in [1.807, 2.05) is 36.4 Å². The fraction of sp³-hybridized carbons (Fsp3) is 0.590. The van der Waals surface area contributed by atoms with Crippen LogP contribution in [-0.2, 0) is 20.8 Å². The Morgan fingerprint density at radius 1 is 0.854 bits per heavy atom. The first-order valence-corrected chi connectivity index (χ1v) is 17.8. The lowest BCUT2D eigenvalue weighted by atomic mass is 9.50. The summed E-state index contributed by atoms with van der Waals surface area (Å²) >= 11 is 0. The van der Waals surface area contributed by atoms with Crippen molar-refractivity contribution in [3.05, 3.63) is 65.2 Å². The van der Waals surface area contributed by atoms with Crippen LogP contribution in [0, 0.1) is 35.0 Å². The van der Waals surface area contributed by atoms with Crippen molar-refractivity contribution < 1.29 is 23.8 Å². The molecule has 4 bridgehead atoms. The third-order valence-electron chi connectivity index (χ3n) is 10.7. The second-order valence-electron chi connectivity index (χ2n) is 14.4. The van der Waals surface area contributed by atoms with E-state index in [1.54, 1.807) is 14.2 Å². The van der Waals surface area contributed by atoms with Crippen LogP contribution in [0.25, 0.3) is 0 Å². The Bertz CT molecular complexity index is 1390. The molecule has 9 heteroatoms. The molecule has 5 fully saturated rings. The molecule has 2 aromatic rings. The molecule has 0 unspecified atom stereocenters. The molecule has 258 valence electrons. The fourth-order valence-electron chi connectivity index (χ4n) is 8.41. The highest BCUT2D eigenvalue weighted by molar-refractivity contribution is 6.04. The first kappa shape index (κ1) is 34.4. The monoisotopic (exact) mass is 656 g/mol. The molecule has 2 amide bonds. The normalized spacial score (nSPS) is 24.9. The molecule has 48 heavy (non-hydrogen) atoms. The maximum atomic E-state index is 13.0. The number of hydrogen-bond acceptors (Lipinski definition) is 7. The number of piperazine rings is 1. The van der Waals surface area contributed by atoms with Crippen molar-refractivity contribution in [3.63, 3.8) is 0 Å². The Morgan fingerprint density at radius 3 is 2.15 bits per heavy atom. The molecule has 1 aliphatic heterocycles. The Labute approximate surface area is 286 Å². The lowest BCUT2D eigenvalue weighted by molar-refractivity contribution is -0.0181. The van der Waals surface area contributed by atoms with Gasteiger partial charge in [-0.1, -0.05) is 24.0 Å². The minimum atomic E-state index is -0.363. The van der Waals surface area contributed by atoms with Gasteiger partial charge in [0.05, 0.1) is 19.8 Å². The maximum absolute atomic E-state index is 13.0. The molecule has 2 aromatic carbocycles. The Morgan fingerprint density at radius 2 is 1.50 bits per heavy atom. The van der Waals surface area contributed by atoms with Gasteiger partial charge < -0.3 is 24.4 Å². The van der Waals surface area contributed by atoms with Gasteiger partial charge in [-0.15, -0.1) is 0 Å². The highest BCUT2D eigenvalue weighted by Crippen LogP contribution is 2.59. The zero-order valence-electron chi connectivity index (χ0n) is 28.8. The molecule has 0 radical (unpaired) electrons. The van der Waals surface area contributed by atoms with E-state index in [0.717, 1.165) is 68.3 Å². The van der Waals surface area contributed by atoms with Crippen LogP contribution in [0.4, 0.5) is 10.5 Å². The van der Waals surface area contributed by atoms with Crippen LogP contribution in [0.2, 0.25) is 0 Å². The van der Waals surface area contributed by atoms with Crippen molar-refractivity contribution in [2.45, 2.75) is 45.1 Å². The number of amides is 2. The molecule has 1 saturated heterocycles. The van der Waals surface area contributed by atoms with Crippen LogP contribution in [0.1, 0.15) is 60.0 Å². The van der Waals surface area contributed by atoms with E-state index >= 15 is 0 Å². The van der Waals surface area contributed by atoms with Crippen LogP contribution < -0.4 is 5.32 Å². The summed E-state index contributed by atoms with van der Waals surface area (Å²) < 4.78 is 15.9. The Balaban J connectivity index is 0.864. The number of benzene rings is 2. The Kier molecular flexibility index (Phi) is 11.7. The van der Waals surface area contributed by atoms with Crippen molar-refractivity contribution in [2.75, 3.05) is 85.2 Å². The lowest BCUT2D eigenvalue weighted by Gasteiger charge is -2.54. The van der Waals surface area contributed by atoms with Crippen LogP contribution in [0.3, 0.4) is 0 Å². The topological polar surface area (TPSA) is 83.6 Å². The van der Waals surface area contributed by atoms with Crippen LogP contribution >= 0.6 is 0 Å². The summed E-state index contributed by atoms with van der Waals surface area (Å²) in [6.45, 7) is 7.87. The highest BCUT2D eigenvalue weighted by Gasteiger charge is 2.50. The predicted molar refractivity (Wildman–Crippen MR) is 187 cm³/mol. The van der Waals surface area contributed by atoms with Gasteiger partial charge in [0.15, 0.2) is 0 Å². The van der Waals surface area contributed by atoms with E-state index in [4.69, 9.17) is 14.2 Å². The summed E-state index contributed by atoms with van der Waals surface area (Å²) in [5, 5.41) is 3.04. The number of nitrogens with zero attached hydrogens (tertiary/aromatic N) is 3. The highest BCUT2D eigenvalue weighted by atomic mass is 16.6. The van der Waals surface area contributed by atoms with Crippen molar-refractivity contribution in [2.24, 2.45) is 23.2 Å². The number of carbonyl (C=O) groups is 2. The average molecular weight is 657 g/mol. The smallest absolute Gasteiger partial charge is 0.409 e.